The molecular formula is C24H20F3N3O4S. The van der Waals surface area contributed by atoms with Crippen LogP contribution in [0.15, 0.2) is 47.5 Å². The van der Waals surface area contributed by atoms with E-state index in [0.29, 0.717) is 22.0 Å². The molecule has 1 aliphatic rings. The maximum absolute atomic E-state index is 13.5. The maximum Gasteiger partial charge on any atom is 0.416 e. The molecule has 4 rings (SSSR count). The highest BCUT2D eigenvalue weighted by Crippen LogP contribution is 2.34. The van der Waals surface area contributed by atoms with Crippen LogP contribution in [0.3, 0.4) is 0 Å². The van der Waals surface area contributed by atoms with Gasteiger partial charge < -0.3 is 5.11 Å². The zero-order chi connectivity index (χ0) is 25.3. The Morgan fingerprint density at radius 2 is 1.94 bits per heavy atom. The quantitative estimate of drug-likeness (QED) is 0.439. The summed E-state index contributed by atoms with van der Waals surface area (Å²) < 4.78 is 41.9. The molecule has 0 unspecified atom stereocenters. The Morgan fingerprint density at radius 3 is 2.66 bits per heavy atom. The Balaban J connectivity index is 1.55. The Kier molecular flexibility index (Phi) is 6.70. The number of carboxylic acid groups (broad SMARTS) is 1. The first-order valence-corrected chi connectivity index (χ1v) is 11.4. The number of carbonyl (C=O) groups is 3. The number of halogens is 3. The predicted octanol–water partition coefficient (Wildman–Crippen LogP) is 5.31. The average Bonchev–Trinajstić information content (AvgIpc) is 3.29. The molecule has 1 fully saturated rings. The number of hydrogen-bond donors (Lipinski definition) is 1. The van der Waals surface area contributed by atoms with Gasteiger partial charge in [-0.15, -0.1) is 0 Å². The highest BCUT2D eigenvalue weighted by atomic mass is 32.2. The topological polar surface area (TPSA) is 92.5 Å². The molecule has 1 N–H and O–H groups in total. The molecule has 0 spiro atoms. The van der Waals surface area contributed by atoms with Crippen LogP contribution in [-0.4, -0.2) is 43.4 Å². The van der Waals surface area contributed by atoms with E-state index >= 15 is 0 Å². The lowest BCUT2D eigenvalue weighted by Gasteiger charge is -2.14. The summed E-state index contributed by atoms with van der Waals surface area (Å²) in [7, 11) is 0. The molecule has 182 valence electrons. The minimum absolute atomic E-state index is 0.0268. The van der Waals surface area contributed by atoms with Gasteiger partial charge in [0.2, 0.25) is 0 Å². The van der Waals surface area contributed by atoms with E-state index in [1.165, 1.54) is 16.9 Å². The van der Waals surface area contributed by atoms with Crippen LogP contribution in [0.2, 0.25) is 0 Å². The van der Waals surface area contributed by atoms with Gasteiger partial charge in [0, 0.05) is 18.4 Å². The lowest BCUT2D eigenvalue weighted by atomic mass is 10.0. The molecule has 3 aromatic rings. The molecule has 35 heavy (non-hydrogen) atoms. The van der Waals surface area contributed by atoms with E-state index in [2.05, 4.69) is 5.10 Å². The zero-order valence-corrected chi connectivity index (χ0v) is 19.3. The lowest BCUT2D eigenvalue weighted by Crippen LogP contribution is -2.29. The summed E-state index contributed by atoms with van der Waals surface area (Å²) in [5.74, 6) is -1.49. The van der Waals surface area contributed by atoms with Gasteiger partial charge in [0.1, 0.15) is 0 Å². The van der Waals surface area contributed by atoms with Crippen molar-refractivity contribution in [3.63, 3.8) is 0 Å². The Labute approximate surface area is 202 Å². The number of aryl methyl sites for hydroxylation is 1. The van der Waals surface area contributed by atoms with Crippen LogP contribution in [0, 0.1) is 6.92 Å². The number of imide groups is 1. The molecule has 2 aromatic carbocycles. The number of nitrogens with zero attached hydrogens (tertiary/aromatic N) is 3. The van der Waals surface area contributed by atoms with Crippen molar-refractivity contribution in [3.05, 3.63) is 69.8 Å². The molecule has 1 aliphatic heterocycles. The smallest absolute Gasteiger partial charge is 0.416 e. The largest absolute Gasteiger partial charge is 0.481 e. The van der Waals surface area contributed by atoms with E-state index in [1.54, 1.807) is 37.3 Å². The number of carboxylic acids is 1. The second-order valence-electron chi connectivity index (χ2n) is 8.11. The summed E-state index contributed by atoms with van der Waals surface area (Å²) in [5, 5.41) is 13.2. The fourth-order valence-corrected chi connectivity index (χ4v) is 4.67. The van der Waals surface area contributed by atoms with Crippen LogP contribution >= 0.6 is 11.8 Å². The summed E-state index contributed by atoms with van der Waals surface area (Å²) in [4.78, 5) is 36.6. The van der Waals surface area contributed by atoms with Crippen molar-refractivity contribution in [3.8, 4) is 0 Å². The first-order valence-electron chi connectivity index (χ1n) is 10.6. The molecular weight excluding hydrogens is 483 g/mol. The fourth-order valence-electron chi connectivity index (χ4n) is 3.81. The molecule has 0 radical (unpaired) electrons. The minimum Gasteiger partial charge on any atom is -0.481 e. The number of rotatable bonds is 7. The predicted molar refractivity (Wildman–Crippen MR) is 125 cm³/mol. The molecule has 0 bridgehead atoms. The maximum atomic E-state index is 13.5. The van der Waals surface area contributed by atoms with Crippen molar-refractivity contribution < 1.29 is 32.7 Å². The van der Waals surface area contributed by atoms with Crippen LogP contribution in [-0.2, 0) is 22.3 Å². The van der Waals surface area contributed by atoms with Crippen LogP contribution < -0.4 is 0 Å². The molecule has 2 amide bonds. The summed E-state index contributed by atoms with van der Waals surface area (Å²) in [6.45, 7) is 1.57. The van der Waals surface area contributed by atoms with E-state index in [-0.39, 0.29) is 36.4 Å². The van der Waals surface area contributed by atoms with E-state index in [4.69, 9.17) is 5.11 Å². The van der Waals surface area contributed by atoms with Crippen molar-refractivity contribution in [1.82, 2.24) is 14.7 Å². The monoisotopic (exact) mass is 503 g/mol. The SMILES string of the molecule is Cc1ccc(Cn2ncc3cc(C=C4SC(=O)N(CCCC(=O)O)C4=O)ccc32)c(C(F)(F)F)c1. The first-order chi connectivity index (χ1) is 16.5. The van der Waals surface area contributed by atoms with E-state index in [1.807, 2.05) is 0 Å². The van der Waals surface area contributed by atoms with Crippen molar-refractivity contribution in [2.24, 2.45) is 0 Å². The fraction of sp³-hybridized carbons (Fsp3) is 0.250. The zero-order valence-electron chi connectivity index (χ0n) is 18.5. The number of benzene rings is 2. The van der Waals surface area contributed by atoms with E-state index in [9.17, 15) is 27.6 Å². The van der Waals surface area contributed by atoms with Gasteiger partial charge in [-0.1, -0.05) is 23.8 Å². The second kappa shape index (κ2) is 9.57. The average molecular weight is 504 g/mol. The van der Waals surface area contributed by atoms with Crippen LogP contribution in [0.4, 0.5) is 18.0 Å². The van der Waals surface area contributed by atoms with Gasteiger partial charge in [0.15, 0.2) is 0 Å². The number of aliphatic carboxylic acids is 1. The molecule has 1 saturated heterocycles. The second-order valence-corrected chi connectivity index (χ2v) is 9.10. The Morgan fingerprint density at radius 1 is 1.17 bits per heavy atom. The third kappa shape index (κ3) is 5.40. The number of aromatic nitrogens is 2. The normalized spacial score (nSPS) is 15.5. The summed E-state index contributed by atoms with van der Waals surface area (Å²) in [6, 6.07) is 9.33. The number of alkyl halides is 3. The molecule has 2 heterocycles. The van der Waals surface area contributed by atoms with Crippen LogP contribution in [0.1, 0.15) is 35.1 Å². The van der Waals surface area contributed by atoms with Gasteiger partial charge >= 0.3 is 12.1 Å². The van der Waals surface area contributed by atoms with Crippen molar-refractivity contribution >= 4 is 45.9 Å². The van der Waals surface area contributed by atoms with Crippen molar-refractivity contribution in [1.29, 1.82) is 0 Å². The van der Waals surface area contributed by atoms with Crippen LogP contribution in [0.5, 0.6) is 0 Å². The summed E-state index contributed by atoms with van der Waals surface area (Å²) in [5.41, 5.74) is 1.17. The molecule has 0 saturated carbocycles. The molecule has 0 aliphatic carbocycles. The van der Waals surface area contributed by atoms with Gasteiger partial charge in [-0.3, -0.25) is 24.0 Å². The third-order valence-electron chi connectivity index (χ3n) is 5.50. The van der Waals surface area contributed by atoms with E-state index in [0.717, 1.165) is 22.7 Å². The first kappa shape index (κ1) is 24.5. The number of amides is 2. The minimum atomic E-state index is -4.48. The molecule has 1 aromatic heterocycles. The Bertz CT molecular complexity index is 1360. The molecule has 11 heteroatoms. The number of thioether (sulfide) groups is 1. The van der Waals surface area contributed by atoms with Gasteiger partial charge in [-0.05, 0) is 60.5 Å². The lowest BCUT2D eigenvalue weighted by molar-refractivity contribution is -0.138. The molecule has 0 atom stereocenters. The number of carbonyl (C=O) groups excluding carboxylic acids is 2. The third-order valence-corrected chi connectivity index (χ3v) is 6.41. The van der Waals surface area contributed by atoms with Gasteiger partial charge in [0.05, 0.1) is 28.7 Å². The highest BCUT2D eigenvalue weighted by molar-refractivity contribution is 8.18. The standard InChI is InChI=1S/C24H20F3N3O4S/c1-14-4-6-16(18(9-14)24(25,26)27)13-30-19-7-5-15(10-17(19)12-28-30)11-20-22(33)29(23(34)35-20)8-2-3-21(31)32/h4-7,9-12H,2-3,8,13H2,1H3,(H,31,32). The summed E-state index contributed by atoms with van der Waals surface area (Å²) >= 11 is 0.777. The summed E-state index contributed by atoms with van der Waals surface area (Å²) in [6.07, 6.45) is -1.36. The Hall–Kier alpha value is -3.60. The number of hydrogen-bond acceptors (Lipinski definition) is 5. The van der Waals surface area contributed by atoms with Gasteiger partial charge in [-0.25, -0.2) is 0 Å². The van der Waals surface area contributed by atoms with Gasteiger partial charge in [-0.2, -0.15) is 18.3 Å². The van der Waals surface area contributed by atoms with Crippen molar-refractivity contribution in [2.75, 3.05) is 6.54 Å². The van der Waals surface area contributed by atoms with Crippen LogP contribution in [0.25, 0.3) is 17.0 Å². The molecule has 7 nitrogen and oxygen atoms in total. The number of fused-ring (bicyclic) bond motifs is 1. The highest BCUT2D eigenvalue weighted by Gasteiger charge is 2.35. The van der Waals surface area contributed by atoms with Crippen molar-refractivity contribution in [2.45, 2.75) is 32.5 Å². The van der Waals surface area contributed by atoms with E-state index < -0.39 is 28.9 Å². The van der Waals surface area contributed by atoms with Gasteiger partial charge in [0.25, 0.3) is 11.1 Å².